The monoisotopic (exact) mass is 204 g/mol. The van der Waals surface area contributed by atoms with Gasteiger partial charge < -0.3 is 18.9 Å². The molecule has 0 spiro atoms. The molecule has 0 aliphatic heterocycles. The van der Waals surface area contributed by atoms with E-state index in [4.69, 9.17) is 0 Å². The molecule has 6 heteroatoms. The van der Waals surface area contributed by atoms with Crippen LogP contribution in [0.3, 0.4) is 0 Å². The van der Waals surface area contributed by atoms with Gasteiger partial charge in [-0.25, -0.2) is 0 Å². The number of rotatable bonds is 6. The summed E-state index contributed by atoms with van der Waals surface area (Å²) in [5.74, 6) is 0. The largest absolute Gasteiger partial charge is 2.00 e. The first-order valence-corrected chi connectivity index (χ1v) is 5.19. The third-order valence-corrected chi connectivity index (χ3v) is 1.75. The Morgan fingerprint density at radius 2 is 1.83 bits per heavy atom. The molecule has 0 radical (unpaired) electrons. The topological polar surface area (TPSA) is 72.4 Å². The van der Waals surface area contributed by atoms with Crippen molar-refractivity contribution in [2.75, 3.05) is 6.61 Å². The third-order valence-electron chi connectivity index (χ3n) is 1.25. The second-order valence-electron chi connectivity index (χ2n) is 2.34. The van der Waals surface area contributed by atoms with Gasteiger partial charge in [-0.15, -0.1) is 0 Å². The third kappa shape index (κ3) is 13.5. The van der Waals surface area contributed by atoms with E-state index >= 15 is 0 Å². The molecule has 0 atom stereocenters. The first kappa shape index (κ1) is 15.4. The SMILES string of the molecule is CCCCCCOP(=O)([O-])[O-].[Mg+2]. The van der Waals surface area contributed by atoms with E-state index in [1.165, 1.54) is 0 Å². The molecule has 0 aliphatic carbocycles. The molecule has 0 amide bonds. The number of hydrogen-bond donors (Lipinski definition) is 0. The average molecular weight is 204 g/mol. The van der Waals surface area contributed by atoms with Crippen LogP contribution in [0.2, 0.25) is 0 Å². The van der Waals surface area contributed by atoms with Crippen LogP contribution < -0.4 is 9.79 Å². The summed E-state index contributed by atoms with van der Waals surface area (Å²) >= 11 is 0. The van der Waals surface area contributed by atoms with Crippen molar-refractivity contribution in [3.63, 3.8) is 0 Å². The summed E-state index contributed by atoms with van der Waals surface area (Å²) in [6.45, 7) is 2.08. The summed E-state index contributed by atoms with van der Waals surface area (Å²) in [7, 11) is -4.71. The minimum absolute atomic E-state index is 0. The van der Waals surface area contributed by atoms with Gasteiger partial charge in [-0.1, -0.05) is 26.2 Å². The van der Waals surface area contributed by atoms with Crippen molar-refractivity contribution in [3.8, 4) is 0 Å². The van der Waals surface area contributed by atoms with Crippen LogP contribution in [0.4, 0.5) is 0 Å². The van der Waals surface area contributed by atoms with Crippen LogP contribution in [-0.4, -0.2) is 29.7 Å². The van der Waals surface area contributed by atoms with E-state index in [9.17, 15) is 14.4 Å². The Morgan fingerprint density at radius 3 is 2.25 bits per heavy atom. The molecule has 0 aromatic heterocycles. The van der Waals surface area contributed by atoms with Gasteiger partial charge >= 0.3 is 23.1 Å². The molecule has 0 bridgehead atoms. The van der Waals surface area contributed by atoms with E-state index in [1.54, 1.807) is 0 Å². The number of phosphoric acid groups is 1. The fourth-order valence-corrected chi connectivity index (χ4v) is 1.06. The van der Waals surface area contributed by atoms with Crippen LogP contribution >= 0.6 is 7.82 Å². The van der Waals surface area contributed by atoms with E-state index in [1.807, 2.05) is 6.92 Å². The fourth-order valence-electron chi connectivity index (χ4n) is 0.705. The first-order chi connectivity index (χ1) is 5.06. The van der Waals surface area contributed by atoms with E-state index in [0.717, 1.165) is 19.3 Å². The van der Waals surface area contributed by atoms with Gasteiger partial charge in [-0.3, -0.25) is 0 Å². The summed E-state index contributed by atoms with van der Waals surface area (Å²) in [4.78, 5) is 19.8. The summed E-state index contributed by atoms with van der Waals surface area (Å²) in [5.41, 5.74) is 0. The van der Waals surface area contributed by atoms with Gasteiger partial charge in [-0.2, -0.15) is 0 Å². The Hall–Kier alpha value is 0.876. The maximum absolute atomic E-state index is 9.91. The molecule has 4 nitrogen and oxygen atoms in total. The van der Waals surface area contributed by atoms with Gasteiger partial charge in [0.2, 0.25) is 0 Å². The zero-order chi connectivity index (χ0) is 8.74. The van der Waals surface area contributed by atoms with Crippen molar-refractivity contribution in [2.45, 2.75) is 32.6 Å². The molecule has 0 aliphatic rings. The van der Waals surface area contributed by atoms with Crippen molar-refractivity contribution in [2.24, 2.45) is 0 Å². The van der Waals surface area contributed by atoms with Crippen LogP contribution in [0.5, 0.6) is 0 Å². The molecule has 0 saturated heterocycles. The molecule has 0 saturated carbocycles. The van der Waals surface area contributed by atoms with Crippen LogP contribution in [0.15, 0.2) is 0 Å². The zero-order valence-corrected chi connectivity index (χ0v) is 9.63. The van der Waals surface area contributed by atoms with Crippen molar-refractivity contribution >= 4 is 30.9 Å². The molecule has 0 aromatic carbocycles. The average Bonchev–Trinajstić information content (AvgIpc) is 1.85. The van der Waals surface area contributed by atoms with E-state index < -0.39 is 7.82 Å². The summed E-state index contributed by atoms with van der Waals surface area (Å²) in [5, 5.41) is 0. The normalized spacial score (nSPS) is 10.9. The Morgan fingerprint density at radius 1 is 1.25 bits per heavy atom. The second kappa shape index (κ2) is 8.47. The van der Waals surface area contributed by atoms with Crippen molar-refractivity contribution in [1.29, 1.82) is 0 Å². The quantitative estimate of drug-likeness (QED) is 0.348. The van der Waals surface area contributed by atoms with Crippen molar-refractivity contribution < 1.29 is 18.9 Å². The summed E-state index contributed by atoms with van der Waals surface area (Å²) in [6.07, 6.45) is 3.68. The van der Waals surface area contributed by atoms with Gasteiger partial charge in [0.15, 0.2) is 0 Å². The zero-order valence-electron chi connectivity index (χ0n) is 7.32. The van der Waals surface area contributed by atoms with Crippen molar-refractivity contribution in [1.82, 2.24) is 0 Å². The summed E-state index contributed by atoms with van der Waals surface area (Å²) in [6, 6.07) is 0. The standard InChI is InChI=1S/C6H15O4P.Mg/c1-2-3-4-5-6-10-11(7,8)9;/h2-6H2,1H3,(H2,7,8,9);/q;+2/p-2. The molecule has 0 unspecified atom stereocenters. The molecule has 0 aromatic rings. The smallest absolute Gasteiger partial charge is 0.790 e. The Bertz CT molecular complexity index is 136. The van der Waals surface area contributed by atoms with Gasteiger partial charge in [0.1, 0.15) is 0 Å². The Balaban J connectivity index is 0. The van der Waals surface area contributed by atoms with Gasteiger partial charge in [0, 0.05) is 0 Å². The predicted octanol–water partition coefficient (Wildman–Crippen LogP) is 0.0312. The predicted molar refractivity (Wildman–Crippen MR) is 43.5 cm³/mol. The van der Waals surface area contributed by atoms with Crippen LogP contribution in [0.1, 0.15) is 32.6 Å². The van der Waals surface area contributed by atoms with Crippen LogP contribution in [0, 0.1) is 0 Å². The van der Waals surface area contributed by atoms with Crippen LogP contribution in [0.25, 0.3) is 0 Å². The van der Waals surface area contributed by atoms with Gasteiger partial charge in [0.25, 0.3) is 0 Å². The van der Waals surface area contributed by atoms with E-state index in [0.29, 0.717) is 6.42 Å². The van der Waals surface area contributed by atoms with Gasteiger partial charge in [-0.05, 0) is 6.42 Å². The molecular formula is C6H13MgO4P. The van der Waals surface area contributed by atoms with Crippen LogP contribution in [-0.2, 0) is 9.09 Å². The second-order valence-corrected chi connectivity index (χ2v) is 3.49. The number of hydrogen-bond acceptors (Lipinski definition) is 4. The number of phosphoric ester groups is 1. The molecular weight excluding hydrogens is 191 g/mol. The molecule has 0 N–H and O–H groups in total. The van der Waals surface area contributed by atoms with Crippen molar-refractivity contribution in [3.05, 3.63) is 0 Å². The summed E-state index contributed by atoms with van der Waals surface area (Å²) < 4.78 is 13.9. The molecule has 68 valence electrons. The van der Waals surface area contributed by atoms with Gasteiger partial charge in [0.05, 0.1) is 14.4 Å². The number of unbranched alkanes of at least 4 members (excludes halogenated alkanes) is 3. The maximum atomic E-state index is 9.91. The Labute approximate surface area is 89.1 Å². The molecule has 0 fully saturated rings. The minimum atomic E-state index is -4.71. The minimum Gasteiger partial charge on any atom is -0.790 e. The maximum Gasteiger partial charge on any atom is 2.00 e. The molecule has 0 rings (SSSR count). The Kier molecular flexibility index (Phi) is 10.8. The molecule has 12 heavy (non-hydrogen) atoms. The fraction of sp³-hybridized carbons (Fsp3) is 1.00. The van der Waals surface area contributed by atoms with E-state index in [2.05, 4.69) is 4.52 Å². The molecule has 0 heterocycles. The first-order valence-electron chi connectivity index (χ1n) is 3.73. The van der Waals surface area contributed by atoms with E-state index in [-0.39, 0.29) is 29.7 Å².